The Bertz CT molecular complexity index is 116. The van der Waals surface area contributed by atoms with Crippen molar-refractivity contribution in [3.8, 4) is 0 Å². The maximum absolute atomic E-state index is 4.74. The summed E-state index contributed by atoms with van der Waals surface area (Å²) in [6, 6.07) is 0. The highest BCUT2D eigenvalue weighted by molar-refractivity contribution is 5.80. The van der Waals surface area contributed by atoms with Gasteiger partial charge < -0.3 is 4.84 Å². The second kappa shape index (κ2) is 5.35. The molecule has 0 aliphatic rings. The highest BCUT2D eigenvalue weighted by Crippen LogP contribution is 1.86. The first-order chi connectivity index (χ1) is 4.31. The van der Waals surface area contributed by atoms with Crippen molar-refractivity contribution >= 4 is 5.71 Å². The van der Waals surface area contributed by atoms with Crippen LogP contribution >= 0.6 is 0 Å². The summed E-state index contributed by atoms with van der Waals surface area (Å²) >= 11 is 0. The van der Waals surface area contributed by atoms with Crippen LogP contribution in [0.1, 0.15) is 27.2 Å². The molecule has 0 rings (SSSR count). The van der Waals surface area contributed by atoms with E-state index < -0.39 is 0 Å². The monoisotopic (exact) mass is 127 g/mol. The molecule has 0 saturated heterocycles. The van der Waals surface area contributed by atoms with Crippen molar-refractivity contribution in [2.24, 2.45) is 5.16 Å². The number of allylic oxidation sites excluding steroid dienone is 1. The molecule has 52 valence electrons. The lowest BCUT2D eigenvalue weighted by Crippen LogP contribution is -1.86. The zero-order valence-electron chi connectivity index (χ0n) is 6.22. The molecule has 0 aliphatic carbocycles. The minimum Gasteiger partial charge on any atom is -0.365 e. The molecule has 0 spiro atoms. The predicted octanol–water partition coefficient (Wildman–Crippen LogP) is 2.32. The van der Waals surface area contributed by atoms with Gasteiger partial charge in [0.1, 0.15) is 6.26 Å². The fourth-order valence-electron chi connectivity index (χ4n) is 0.246. The third-order valence-electron chi connectivity index (χ3n) is 0.917. The number of hydrogen-bond donors (Lipinski definition) is 0. The Morgan fingerprint density at radius 1 is 1.67 bits per heavy atom. The Morgan fingerprint density at radius 2 is 2.33 bits per heavy atom. The summed E-state index contributed by atoms with van der Waals surface area (Å²) in [4.78, 5) is 4.74. The lowest BCUT2D eigenvalue weighted by Gasteiger charge is -1.90. The molecule has 0 N–H and O–H groups in total. The zero-order chi connectivity index (χ0) is 7.11. The molecule has 9 heavy (non-hydrogen) atoms. The van der Waals surface area contributed by atoms with Crippen LogP contribution in [0.25, 0.3) is 0 Å². The highest BCUT2D eigenvalue weighted by Gasteiger charge is 1.81. The van der Waals surface area contributed by atoms with Gasteiger partial charge in [-0.05, 0) is 26.3 Å². The van der Waals surface area contributed by atoms with E-state index in [0.29, 0.717) is 0 Å². The van der Waals surface area contributed by atoms with Crippen LogP contribution in [0.15, 0.2) is 17.5 Å². The van der Waals surface area contributed by atoms with Crippen molar-refractivity contribution in [1.82, 2.24) is 0 Å². The highest BCUT2D eigenvalue weighted by atomic mass is 16.6. The largest absolute Gasteiger partial charge is 0.365 e. The van der Waals surface area contributed by atoms with Crippen LogP contribution in [-0.4, -0.2) is 5.71 Å². The molecule has 0 heterocycles. The van der Waals surface area contributed by atoms with Crippen LogP contribution in [0.4, 0.5) is 0 Å². The summed E-state index contributed by atoms with van der Waals surface area (Å²) < 4.78 is 0. The van der Waals surface area contributed by atoms with Crippen molar-refractivity contribution in [3.63, 3.8) is 0 Å². The summed E-state index contributed by atoms with van der Waals surface area (Å²) in [5.41, 5.74) is 1.01. The van der Waals surface area contributed by atoms with Crippen LogP contribution in [0.2, 0.25) is 0 Å². The van der Waals surface area contributed by atoms with Gasteiger partial charge in [0.15, 0.2) is 0 Å². The number of nitrogens with zero attached hydrogens (tertiary/aromatic N) is 1. The minimum atomic E-state index is 0.942. The average Bonchev–Trinajstić information content (AvgIpc) is 1.89. The lowest BCUT2D eigenvalue weighted by molar-refractivity contribution is 0.266. The molecule has 0 aliphatic heterocycles. The van der Waals surface area contributed by atoms with Crippen LogP contribution in [0, 0.1) is 0 Å². The molecule has 2 nitrogen and oxygen atoms in total. The van der Waals surface area contributed by atoms with E-state index in [9.17, 15) is 0 Å². The van der Waals surface area contributed by atoms with E-state index in [4.69, 9.17) is 4.84 Å². The molecule has 0 saturated carbocycles. The molecule has 0 amide bonds. The van der Waals surface area contributed by atoms with Gasteiger partial charge in [0.2, 0.25) is 0 Å². The second-order valence-electron chi connectivity index (χ2n) is 1.75. The molecular weight excluding hydrogens is 114 g/mol. The molecule has 0 radical (unpaired) electrons. The molecule has 0 fully saturated rings. The van der Waals surface area contributed by atoms with Gasteiger partial charge in [0, 0.05) is 0 Å². The maximum Gasteiger partial charge on any atom is 0.117 e. The first-order valence-electron chi connectivity index (χ1n) is 3.11. The topological polar surface area (TPSA) is 21.6 Å². The third kappa shape index (κ3) is 5.07. The average molecular weight is 127 g/mol. The number of rotatable bonds is 3. The Labute approximate surface area is 56.2 Å². The quantitative estimate of drug-likeness (QED) is 0.324. The van der Waals surface area contributed by atoms with E-state index in [0.717, 1.165) is 12.1 Å². The zero-order valence-corrected chi connectivity index (χ0v) is 6.22. The van der Waals surface area contributed by atoms with Crippen molar-refractivity contribution in [2.45, 2.75) is 27.2 Å². The molecule has 0 aromatic rings. The Kier molecular flexibility index (Phi) is 4.88. The van der Waals surface area contributed by atoms with Gasteiger partial charge in [-0.15, -0.1) is 0 Å². The minimum absolute atomic E-state index is 0.942. The van der Waals surface area contributed by atoms with E-state index in [2.05, 4.69) is 5.16 Å². The van der Waals surface area contributed by atoms with Gasteiger partial charge in [-0.3, -0.25) is 0 Å². The number of hydrogen-bond acceptors (Lipinski definition) is 2. The Morgan fingerprint density at radius 3 is 2.78 bits per heavy atom. The Hall–Kier alpha value is -0.790. The summed E-state index contributed by atoms with van der Waals surface area (Å²) in [5, 5.41) is 3.76. The Balaban J connectivity index is 3.43. The predicted molar refractivity (Wildman–Crippen MR) is 39.3 cm³/mol. The van der Waals surface area contributed by atoms with E-state index in [1.807, 2.05) is 20.8 Å². The van der Waals surface area contributed by atoms with Gasteiger partial charge in [-0.1, -0.05) is 12.1 Å². The SMILES string of the molecule is CC=CON=C(C)CC. The summed E-state index contributed by atoms with van der Waals surface area (Å²) in [5.74, 6) is 0. The van der Waals surface area contributed by atoms with Gasteiger partial charge in [0.25, 0.3) is 0 Å². The summed E-state index contributed by atoms with van der Waals surface area (Å²) in [7, 11) is 0. The van der Waals surface area contributed by atoms with Crippen molar-refractivity contribution < 1.29 is 4.84 Å². The molecule has 2 heteroatoms. The maximum atomic E-state index is 4.74. The van der Waals surface area contributed by atoms with E-state index in [1.54, 1.807) is 12.3 Å². The number of oxime groups is 1. The van der Waals surface area contributed by atoms with E-state index >= 15 is 0 Å². The van der Waals surface area contributed by atoms with Gasteiger partial charge >= 0.3 is 0 Å². The second-order valence-corrected chi connectivity index (χ2v) is 1.75. The fraction of sp³-hybridized carbons (Fsp3) is 0.571. The van der Waals surface area contributed by atoms with Crippen LogP contribution in [0.3, 0.4) is 0 Å². The molecule has 0 aromatic heterocycles. The molecule has 0 atom stereocenters. The van der Waals surface area contributed by atoms with Crippen LogP contribution in [0.5, 0.6) is 0 Å². The third-order valence-corrected chi connectivity index (χ3v) is 0.917. The first kappa shape index (κ1) is 8.21. The fourth-order valence-corrected chi connectivity index (χ4v) is 0.246. The summed E-state index contributed by atoms with van der Waals surface area (Å²) in [6.45, 7) is 5.86. The van der Waals surface area contributed by atoms with Crippen molar-refractivity contribution in [1.29, 1.82) is 0 Å². The van der Waals surface area contributed by atoms with Crippen LogP contribution in [-0.2, 0) is 4.84 Å². The molecule has 0 aromatic carbocycles. The smallest absolute Gasteiger partial charge is 0.117 e. The van der Waals surface area contributed by atoms with E-state index in [-0.39, 0.29) is 0 Å². The first-order valence-corrected chi connectivity index (χ1v) is 3.11. The summed E-state index contributed by atoms with van der Waals surface area (Å²) in [6.07, 6.45) is 4.29. The van der Waals surface area contributed by atoms with E-state index in [1.165, 1.54) is 0 Å². The standard InChI is InChI=1S/C7H13NO/c1-4-6-9-8-7(3)5-2/h4,6H,5H2,1-3H3. The lowest BCUT2D eigenvalue weighted by atomic mass is 10.3. The van der Waals surface area contributed by atoms with Gasteiger partial charge in [0.05, 0.1) is 5.71 Å². The van der Waals surface area contributed by atoms with Gasteiger partial charge in [-0.25, -0.2) is 0 Å². The van der Waals surface area contributed by atoms with Crippen molar-refractivity contribution in [3.05, 3.63) is 12.3 Å². The van der Waals surface area contributed by atoms with Crippen molar-refractivity contribution in [2.75, 3.05) is 0 Å². The molecule has 0 bridgehead atoms. The molecule has 0 unspecified atom stereocenters. The molecular formula is C7H13NO. The van der Waals surface area contributed by atoms with Gasteiger partial charge in [-0.2, -0.15) is 0 Å². The van der Waals surface area contributed by atoms with Crippen LogP contribution < -0.4 is 0 Å². The normalized spacial score (nSPS) is 12.6.